The number of hydrogen-bond acceptors (Lipinski definition) is 7. The normalized spacial score (nSPS) is 16.1. The molecule has 2 atom stereocenters. The Morgan fingerprint density at radius 3 is 2.31 bits per heavy atom. The van der Waals surface area contributed by atoms with Crippen LogP contribution < -0.4 is 9.64 Å². The molecular weight excluding hydrogens is 661 g/mol. The van der Waals surface area contributed by atoms with Crippen LogP contribution in [0.15, 0.2) is 41.7 Å². The van der Waals surface area contributed by atoms with E-state index < -0.39 is 37.3 Å². The Kier molecular flexibility index (Phi) is 10.3. The molecule has 2 unspecified atom stereocenters. The number of hydrogen-bond donors (Lipinski definition) is 0. The number of fused-ring (bicyclic) bond motifs is 2. The lowest BCUT2D eigenvalue weighted by molar-refractivity contribution is -0.159. The summed E-state index contributed by atoms with van der Waals surface area (Å²) in [6.07, 6.45) is -1.79. The Morgan fingerprint density at radius 1 is 1.06 bits per heavy atom. The van der Waals surface area contributed by atoms with E-state index in [1.165, 1.54) is 30.5 Å². The average Bonchev–Trinajstić information content (AvgIpc) is 2.98. The SMILES string of the molecule is COCOc1cc(-c2cc3nc([S+](C)[O-])ncc3c(N3CCC3C(F)(F)F)n2)c2c(C#C[Si](C(C)C)(C(C)C)C(C)C)c(F)ccc2c1. The monoisotopic (exact) mass is 700 g/mol. The second kappa shape index (κ2) is 13.8. The van der Waals surface area contributed by atoms with Gasteiger partial charge in [-0.25, -0.2) is 9.37 Å². The van der Waals surface area contributed by atoms with Gasteiger partial charge in [0.1, 0.15) is 37.8 Å². The fraction of sp³-hybridized carbons (Fsp3) is 0.457. The molecule has 7 nitrogen and oxygen atoms in total. The number of ether oxygens (including phenoxy) is 2. The Bertz CT molecular complexity index is 1870. The minimum atomic E-state index is -4.49. The van der Waals surface area contributed by atoms with Crippen LogP contribution in [0.25, 0.3) is 32.9 Å². The van der Waals surface area contributed by atoms with E-state index in [2.05, 4.69) is 63.0 Å². The zero-order chi connectivity index (χ0) is 35.1. The predicted molar refractivity (Wildman–Crippen MR) is 185 cm³/mol. The summed E-state index contributed by atoms with van der Waals surface area (Å²) in [6, 6.07) is 6.26. The molecule has 0 saturated carbocycles. The molecule has 256 valence electrons. The quantitative estimate of drug-likeness (QED) is 0.0433. The smallest absolute Gasteiger partial charge is 0.408 e. The van der Waals surface area contributed by atoms with Crippen molar-refractivity contribution in [3.05, 3.63) is 47.9 Å². The largest absolute Gasteiger partial charge is 0.609 e. The van der Waals surface area contributed by atoms with E-state index in [0.717, 1.165) is 0 Å². The lowest BCUT2D eigenvalue weighted by Crippen LogP contribution is -2.56. The lowest BCUT2D eigenvalue weighted by atomic mass is 9.95. The van der Waals surface area contributed by atoms with Gasteiger partial charge in [0, 0.05) is 42.0 Å². The van der Waals surface area contributed by atoms with Crippen molar-refractivity contribution in [1.82, 2.24) is 15.0 Å². The van der Waals surface area contributed by atoms with E-state index in [1.807, 2.05) is 0 Å². The third-order valence-corrected chi connectivity index (χ3v) is 16.4. The number of aromatic nitrogens is 3. The Labute approximate surface area is 282 Å². The third-order valence-electron chi connectivity index (χ3n) is 9.39. The van der Waals surface area contributed by atoms with Crippen LogP contribution >= 0.6 is 0 Å². The topological polar surface area (TPSA) is 83.4 Å². The van der Waals surface area contributed by atoms with Gasteiger partial charge in [-0.05, 0) is 52.7 Å². The summed E-state index contributed by atoms with van der Waals surface area (Å²) >= 11 is -1.56. The molecule has 1 saturated heterocycles. The highest BCUT2D eigenvalue weighted by molar-refractivity contribution is 7.90. The van der Waals surface area contributed by atoms with E-state index in [1.54, 1.807) is 24.3 Å². The van der Waals surface area contributed by atoms with Crippen LogP contribution in [-0.4, -0.2) is 66.5 Å². The lowest BCUT2D eigenvalue weighted by Gasteiger charge is -2.43. The van der Waals surface area contributed by atoms with Crippen LogP contribution in [0, 0.1) is 17.3 Å². The summed E-state index contributed by atoms with van der Waals surface area (Å²) in [5.41, 5.74) is 5.60. The number of rotatable bonds is 9. The van der Waals surface area contributed by atoms with E-state index in [4.69, 9.17) is 14.5 Å². The zero-order valence-electron chi connectivity index (χ0n) is 28.3. The first-order valence-electron chi connectivity index (χ1n) is 15.9. The Hall–Kier alpha value is -3.44. The van der Waals surface area contributed by atoms with Gasteiger partial charge in [-0.15, -0.1) is 5.54 Å². The molecule has 2 aromatic carbocycles. The summed E-state index contributed by atoms with van der Waals surface area (Å²) < 4.78 is 81.4. The van der Waals surface area contributed by atoms with Crippen molar-refractivity contribution in [2.45, 2.75) is 82.0 Å². The van der Waals surface area contributed by atoms with Gasteiger partial charge in [-0.3, -0.25) is 0 Å². The number of anilines is 1. The minimum absolute atomic E-state index is 0.0265. The van der Waals surface area contributed by atoms with Gasteiger partial charge in [0.15, 0.2) is 6.79 Å². The van der Waals surface area contributed by atoms with Crippen molar-refractivity contribution < 1.29 is 31.6 Å². The number of nitrogens with zero attached hydrogens (tertiary/aromatic N) is 4. The molecule has 0 bridgehead atoms. The molecule has 1 aliphatic heterocycles. The van der Waals surface area contributed by atoms with Gasteiger partial charge in [0.25, 0.3) is 0 Å². The zero-order valence-corrected chi connectivity index (χ0v) is 30.1. The molecule has 13 heteroatoms. The van der Waals surface area contributed by atoms with Gasteiger partial charge in [0.05, 0.1) is 22.2 Å². The molecule has 3 heterocycles. The maximum absolute atomic E-state index is 16.0. The second-order valence-electron chi connectivity index (χ2n) is 13.1. The number of halogens is 4. The first kappa shape index (κ1) is 35.9. The first-order chi connectivity index (χ1) is 22.6. The van der Waals surface area contributed by atoms with Gasteiger partial charge in [-0.1, -0.05) is 53.5 Å². The molecule has 1 aliphatic rings. The standard InChI is InChI=1S/C35H40F4N4O3SSi/c1-20(2)48(21(3)4,22(5)6)14-12-25-28(36)10-9-23-15-24(46-19-45-7)16-26(32(23)25)29-17-30-27(18-40-34(42-30)47(8)44)33(41-29)43-13-11-31(43)35(37,38)39/h9-10,15-18,20-22,31H,11,13,19H2,1-8H3. The van der Waals surface area contributed by atoms with Gasteiger partial charge < -0.3 is 18.9 Å². The molecule has 0 N–H and O–H groups in total. The fourth-order valence-electron chi connectivity index (χ4n) is 7.02. The Morgan fingerprint density at radius 2 is 1.75 bits per heavy atom. The average molecular weight is 701 g/mol. The number of pyridine rings is 1. The maximum Gasteiger partial charge on any atom is 0.408 e. The fourth-order valence-corrected chi connectivity index (χ4v) is 12.7. The van der Waals surface area contributed by atoms with Gasteiger partial charge >= 0.3 is 11.3 Å². The van der Waals surface area contributed by atoms with E-state index in [9.17, 15) is 17.7 Å². The van der Waals surface area contributed by atoms with Crippen LogP contribution in [0.3, 0.4) is 0 Å². The summed E-state index contributed by atoms with van der Waals surface area (Å²) in [4.78, 5) is 14.6. The molecule has 0 spiro atoms. The second-order valence-corrected chi connectivity index (χ2v) is 20.0. The minimum Gasteiger partial charge on any atom is -0.609 e. The molecule has 5 rings (SSSR count). The molecular formula is C35H40F4N4O3SSi. The summed E-state index contributed by atoms with van der Waals surface area (Å²) in [7, 11) is -0.808. The Balaban J connectivity index is 1.86. The highest BCUT2D eigenvalue weighted by atomic mass is 32.2. The van der Waals surface area contributed by atoms with E-state index >= 15 is 4.39 Å². The van der Waals surface area contributed by atoms with Crippen LogP contribution in [0.4, 0.5) is 23.4 Å². The number of methoxy groups -OCH3 is 1. The first-order valence-corrected chi connectivity index (χ1v) is 19.6. The summed E-state index contributed by atoms with van der Waals surface area (Å²) in [5.74, 6) is 3.18. The van der Waals surface area contributed by atoms with Crippen molar-refractivity contribution in [2.75, 3.05) is 31.6 Å². The van der Waals surface area contributed by atoms with Gasteiger partial charge in [-0.2, -0.15) is 23.1 Å². The van der Waals surface area contributed by atoms with Gasteiger partial charge in [0.2, 0.25) is 0 Å². The number of benzene rings is 2. The molecule has 2 aromatic heterocycles. The summed E-state index contributed by atoms with van der Waals surface area (Å²) in [6.45, 7) is 13.1. The van der Waals surface area contributed by atoms with Crippen molar-refractivity contribution >= 4 is 46.7 Å². The third kappa shape index (κ3) is 6.60. The van der Waals surface area contributed by atoms with Crippen LogP contribution in [0.1, 0.15) is 53.5 Å². The summed E-state index contributed by atoms with van der Waals surface area (Å²) in [5, 5.41) is 1.37. The van der Waals surface area contributed by atoms with Crippen LogP contribution in [0.5, 0.6) is 5.75 Å². The van der Waals surface area contributed by atoms with Crippen LogP contribution in [0.2, 0.25) is 16.6 Å². The molecule has 4 aromatic rings. The van der Waals surface area contributed by atoms with E-state index in [-0.39, 0.29) is 52.9 Å². The highest BCUT2D eigenvalue weighted by Crippen LogP contribution is 2.43. The van der Waals surface area contributed by atoms with Crippen molar-refractivity contribution in [1.29, 1.82) is 0 Å². The molecule has 0 amide bonds. The number of alkyl halides is 3. The van der Waals surface area contributed by atoms with E-state index in [0.29, 0.717) is 38.7 Å². The van der Waals surface area contributed by atoms with Crippen molar-refractivity contribution in [3.63, 3.8) is 0 Å². The predicted octanol–water partition coefficient (Wildman–Crippen LogP) is 8.41. The molecule has 0 radical (unpaired) electrons. The molecule has 48 heavy (non-hydrogen) atoms. The molecule has 0 aliphatic carbocycles. The highest BCUT2D eigenvalue weighted by Gasteiger charge is 2.50. The molecule has 1 fully saturated rings. The van der Waals surface area contributed by atoms with Crippen molar-refractivity contribution in [2.24, 2.45) is 0 Å². The van der Waals surface area contributed by atoms with Crippen LogP contribution in [-0.2, 0) is 15.9 Å². The maximum atomic E-state index is 16.0. The van der Waals surface area contributed by atoms with Crippen molar-refractivity contribution in [3.8, 4) is 28.5 Å².